The molecule has 1 N–H and O–H groups in total. The Morgan fingerprint density at radius 1 is 0.974 bits per heavy atom. The van der Waals surface area contributed by atoms with Crippen LogP contribution in [0.25, 0.3) is 0 Å². The van der Waals surface area contributed by atoms with Crippen molar-refractivity contribution in [1.29, 1.82) is 0 Å². The second kappa shape index (κ2) is 13.2. The lowest BCUT2D eigenvalue weighted by atomic mass is 9.79. The Labute approximate surface area is 233 Å². The predicted molar refractivity (Wildman–Crippen MR) is 157 cm³/mol. The summed E-state index contributed by atoms with van der Waals surface area (Å²) in [6.45, 7) is 7.86. The Hall–Kier alpha value is -3.25. The van der Waals surface area contributed by atoms with Crippen molar-refractivity contribution in [3.8, 4) is 17.2 Å². The van der Waals surface area contributed by atoms with Crippen molar-refractivity contribution < 1.29 is 14.6 Å². The molecule has 1 aromatic heterocycles. The highest BCUT2D eigenvalue weighted by Gasteiger charge is 2.25. The summed E-state index contributed by atoms with van der Waals surface area (Å²) in [4.78, 5) is 9.68. The van der Waals surface area contributed by atoms with Crippen molar-refractivity contribution in [3.05, 3.63) is 77.1 Å². The second-order valence-corrected chi connectivity index (χ2v) is 10.9. The molecule has 3 aromatic rings. The third-order valence-electron chi connectivity index (χ3n) is 8.34. The number of hydrogen-bond acceptors (Lipinski definition) is 6. The van der Waals surface area contributed by atoms with Gasteiger partial charge in [-0.15, -0.1) is 0 Å². The molecule has 39 heavy (non-hydrogen) atoms. The van der Waals surface area contributed by atoms with Crippen molar-refractivity contribution in [2.45, 2.75) is 64.3 Å². The van der Waals surface area contributed by atoms with Crippen molar-refractivity contribution in [1.82, 2.24) is 9.88 Å². The molecule has 1 aliphatic carbocycles. The molecule has 6 nitrogen and oxygen atoms in total. The number of benzene rings is 2. The van der Waals surface area contributed by atoms with Crippen LogP contribution in [0.3, 0.4) is 0 Å². The lowest BCUT2D eigenvalue weighted by molar-refractivity contribution is 0.213. The summed E-state index contributed by atoms with van der Waals surface area (Å²) in [5.74, 6) is 2.49. The molecule has 2 heterocycles. The van der Waals surface area contributed by atoms with Crippen LogP contribution >= 0.6 is 0 Å². The quantitative estimate of drug-likeness (QED) is 0.330. The standard InChI is InChI=1S/C33H43N3O3/c1-3-36(24-28-11-13-31(23-34-28)39-19-18-35-16-6-4-5-7-17-35)33-22-30(38-2)14-15-32(33)27-9-8-26-21-29(37)12-10-25(26)20-27/h10-15,21-23,27,37H,3-9,16-20,24H2,1-2H3. The fraction of sp³-hybridized carbons (Fsp3) is 0.485. The molecule has 0 amide bonds. The van der Waals surface area contributed by atoms with Gasteiger partial charge in [-0.05, 0) is 105 Å². The van der Waals surface area contributed by atoms with Gasteiger partial charge in [0.1, 0.15) is 23.9 Å². The maximum absolute atomic E-state index is 9.90. The van der Waals surface area contributed by atoms with E-state index in [2.05, 4.69) is 53.1 Å². The average Bonchev–Trinajstić information content (AvgIpc) is 3.25. The molecule has 208 valence electrons. The van der Waals surface area contributed by atoms with E-state index in [9.17, 15) is 5.11 Å². The smallest absolute Gasteiger partial charge is 0.137 e. The number of likely N-dealkylation sites (tertiary alicyclic amines) is 1. The first-order valence-corrected chi connectivity index (χ1v) is 14.7. The second-order valence-electron chi connectivity index (χ2n) is 10.9. The van der Waals surface area contributed by atoms with Crippen LogP contribution in [0.15, 0.2) is 54.7 Å². The molecule has 1 fully saturated rings. The lowest BCUT2D eigenvalue weighted by Crippen LogP contribution is -2.29. The lowest BCUT2D eigenvalue weighted by Gasteiger charge is -2.31. The molecular weight excluding hydrogens is 486 g/mol. The summed E-state index contributed by atoms with van der Waals surface area (Å²) in [6.07, 6.45) is 10.2. The maximum atomic E-state index is 9.90. The number of phenolic OH excluding ortho intramolecular Hbond substituents is 1. The highest BCUT2D eigenvalue weighted by Crippen LogP contribution is 2.40. The van der Waals surface area contributed by atoms with Crippen LogP contribution in [-0.4, -0.2) is 54.9 Å². The minimum atomic E-state index is 0.357. The number of fused-ring (bicyclic) bond motifs is 1. The van der Waals surface area contributed by atoms with E-state index in [1.807, 2.05) is 18.3 Å². The summed E-state index contributed by atoms with van der Waals surface area (Å²) in [5, 5.41) is 9.90. The first-order valence-electron chi connectivity index (χ1n) is 14.7. The van der Waals surface area contributed by atoms with Crippen molar-refractivity contribution in [2.24, 2.45) is 0 Å². The SMILES string of the molecule is CCN(Cc1ccc(OCCN2CCCCCC2)cn1)c1cc(OC)ccc1C1CCc2cc(O)ccc2C1. The molecular formula is C33H43N3O3. The number of pyridine rings is 1. The zero-order valence-electron chi connectivity index (χ0n) is 23.6. The van der Waals surface area contributed by atoms with Crippen molar-refractivity contribution in [2.75, 3.05) is 44.8 Å². The van der Waals surface area contributed by atoms with Gasteiger partial charge in [0.15, 0.2) is 0 Å². The molecule has 1 atom stereocenters. The summed E-state index contributed by atoms with van der Waals surface area (Å²) >= 11 is 0. The first-order chi connectivity index (χ1) is 19.1. The minimum Gasteiger partial charge on any atom is -0.508 e. The van der Waals surface area contributed by atoms with Gasteiger partial charge in [0.05, 0.1) is 25.5 Å². The Morgan fingerprint density at radius 3 is 2.54 bits per heavy atom. The van der Waals surface area contributed by atoms with Crippen molar-refractivity contribution >= 4 is 5.69 Å². The van der Waals surface area contributed by atoms with Crippen LogP contribution in [0.2, 0.25) is 0 Å². The van der Waals surface area contributed by atoms with Gasteiger partial charge < -0.3 is 19.5 Å². The van der Waals surface area contributed by atoms with Gasteiger partial charge in [-0.2, -0.15) is 0 Å². The van der Waals surface area contributed by atoms with Crippen LogP contribution in [0.1, 0.15) is 67.3 Å². The van der Waals surface area contributed by atoms with Gasteiger partial charge in [-0.1, -0.05) is 25.0 Å². The first kappa shape index (κ1) is 27.3. The third kappa shape index (κ3) is 7.04. The van der Waals surface area contributed by atoms with E-state index >= 15 is 0 Å². The molecule has 1 saturated heterocycles. The summed E-state index contributed by atoms with van der Waals surface area (Å²) in [5.41, 5.74) is 6.19. The number of anilines is 1. The molecule has 0 radical (unpaired) electrons. The normalized spacial score (nSPS) is 17.7. The largest absolute Gasteiger partial charge is 0.508 e. The number of nitrogens with zero attached hydrogens (tertiary/aromatic N) is 3. The summed E-state index contributed by atoms with van der Waals surface area (Å²) in [7, 11) is 1.73. The molecule has 2 aliphatic rings. The number of ether oxygens (including phenoxy) is 2. The topological polar surface area (TPSA) is 58.1 Å². The molecule has 0 bridgehead atoms. The van der Waals surface area contributed by atoms with Crippen LogP contribution in [0.4, 0.5) is 5.69 Å². The minimum absolute atomic E-state index is 0.357. The molecule has 0 spiro atoms. The molecule has 2 aromatic carbocycles. The van der Waals surface area contributed by atoms with Crippen LogP contribution < -0.4 is 14.4 Å². The number of aromatic hydroxyl groups is 1. The predicted octanol–water partition coefficient (Wildman–Crippen LogP) is 6.35. The Balaban J connectivity index is 1.26. The average molecular weight is 530 g/mol. The molecule has 1 unspecified atom stereocenters. The van der Waals surface area contributed by atoms with Gasteiger partial charge in [0.2, 0.25) is 0 Å². The summed E-state index contributed by atoms with van der Waals surface area (Å²) < 4.78 is 11.7. The van der Waals surface area contributed by atoms with E-state index in [0.29, 0.717) is 18.3 Å². The highest BCUT2D eigenvalue weighted by molar-refractivity contribution is 5.59. The molecule has 5 rings (SSSR count). The number of aryl methyl sites for hydroxylation is 1. The fourth-order valence-electron chi connectivity index (χ4n) is 6.08. The Bertz CT molecular complexity index is 1210. The maximum Gasteiger partial charge on any atom is 0.137 e. The zero-order valence-corrected chi connectivity index (χ0v) is 23.6. The zero-order chi connectivity index (χ0) is 27.0. The summed E-state index contributed by atoms with van der Waals surface area (Å²) in [6, 6.07) is 16.4. The Kier molecular flexibility index (Phi) is 9.25. The van der Waals surface area contributed by atoms with E-state index in [4.69, 9.17) is 14.5 Å². The van der Waals surface area contributed by atoms with E-state index in [1.54, 1.807) is 7.11 Å². The van der Waals surface area contributed by atoms with Gasteiger partial charge >= 0.3 is 0 Å². The number of hydrogen-bond donors (Lipinski definition) is 1. The Morgan fingerprint density at radius 2 is 1.79 bits per heavy atom. The van der Waals surface area contributed by atoms with E-state index in [-0.39, 0.29) is 0 Å². The fourth-order valence-corrected chi connectivity index (χ4v) is 6.08. The van der Waals surface area contributed by atoms with Gasteiger partial charge in [0, 0.05) is 24.8 Å². The van der Waals surface area contributed by atoms with E-state index in [0.717, 1.165) is 56.1 Å². The molecule has 1 aliphatic heterocycles. The number of aromatic nitrogens is 1. The van der Waals surface area contributed by atoms with Crippen molar-refractivity contribution in [3.63, 3.8) is 0 Å². The van der Waals surface area contributed by atoms with Crippen LogP contribution in [-0.2, 0) is 19.4 Å². The van der Waals surface area contributed by atoms with E-state index < -0.39 is 0 Å². The van der Waals surface area contributed by atoms with Gasteiger partial charge in [-0.3, -0.25) is 9.88 Å². The number of rotatable bonds is 10. The number of methoxy groups -OCH3 is 1. The van der Waals surface area contributed by atoms with Gasteiger partial charge in [0.25, 0.3) is 0 Å². The molecule has 0 saturated carbocycles. The van der Waals surface area contributed by atoms with Crippen LogP contribution in [0, 0.1) is 0 Å². The highest BCUT2D eigenvalue weighted by atomic mass is 16.5. The van der Waals surface area contributed by atoms with Crippen LogP contribution in [0.5, 0.6) is 17.2 Å². The molecule has 6 heteroatoms. The third-order valence-corrected chi connectivity index (χ3v) is 8.34. The van der Waals surface area contributed by atoms with E-state index in [1.165, 1.54) is 61.2 Å². The number of phenols is 1. The monoisotopic (exact) mass is 529 g/mol. The van der Waals surface area contributed by atoms with Gasteiger partial charge in [-0.25, -0.2) is 0 Å².